The van der Waals surface area contributed by atoms with Gasteiger partial charge in [-0.05, 0) is 13.0 Å². The summed E-state index contributed by atoms with van der Waals surface area (Å²) in [7, 11) is 1.48. The average molecular weight is 478 g/mol. The Kier molecular flexibility index (Phi) is 6.04. The van der Waals surface area contributed by atoms with Crippen LogP contribution in [0.1, 0.15) is 5.76 Å². The number of nitrogens with one attached hydrogen (secondary N) is 2. The first-order valence-electron chi connectivity index (χ1n) is 11.0. The molecule has 0 unspecified atom stereocenters. The van der Waals surface area contributed by atoms with E-state index < -0.39 is 5.82 Å². The largest absolute Gasteiger partial charge is 0.496 e. The highest BCUT2D eigenvalue weighted by molar-refractivity contribution is 5.78. The number of rotatable bonds is 8. The lowest BCUT2D eigenvalue weighted by atomic mass is 10.1. The zero-order valence-electron chi connectivity index (χ0n) is 19.2. The van der Waals surface area contributed by atoms with Crippen molar-refractivity contribution >= 4 is 11.7 Å². The summed E-state index contributed by atoms with van der Waals surface area (Å²) in [6.45, 7) is 3.83. The molecule has 1 fully saturated rings. The van der Waals surface area contributed by atoms with Gasteiger partial charge in [0.1, 0.15) is 28.6 Å². The smallest absolute Gasteiger partial charge is 0.317 e. The number of benzene rings is 2. The highest BCUT2D eigenvalue weighted by atomic mass is 19.1. The summed E-state index contributed by atoms with van der Waals surface area (Å²) >= 11 is 0. The minimum absolute atomic E-state index is 0.0932. The first-order chi connectivity index (χ1) is 17.0. The van der Waals surface area contributed by atoms with Crippen LogP contribution >= 0.6 is 0 Å². The van der Waals surface area contributed by atoms with Gasteiger partial charge in [0.25, 0.3) is 11.8 Å². The highest BCUT2D eigenvalue weighted by Gasteiger charge is 2.24. The lowest BCUT2D eigenvalue weighted by Crippen LogP contribution is -2.32. The number of halogens is 1. The molecule has 2 aromatic carbocycles. The fourth-order valence-electron chi connectivity index (χ4n) is 3.93. The molecule has 5 rings (SSSR count). The Morgan fingerprint density at radius 3 is 2.74 bits per heavy atom. The monoisotopic (exact) mass is 478 g/mol. The van der Waals surface area contributed by atoms with Crippen LogP contribution in [-0.2, 0) is 0 Å². The summed E-state index contributed by atoms with van der Waals surface area (Å²) < 4.78 is 31.7. The van der Waals surface area contributed by atoms with Crippen molar-refractivity contribution in [3.63, 3.8) is 0 Å². The van der Waals surface area contributed by atoms with Crippen LogP contribution in [0.25, 0.3) is 34.2 Å². The van der Waals surface area contributed by atoms with Gasteiger partial charge in [-0.25, -0.2) is 9.18 Å². The predicted molar refractivity (Wildman–Crippen MR) is 125 cm³/mol. The van der Waals surface area contributed by atoms with E-state index in [0.717, 1.165) is 5.56 Å². The number of aromatic nitrogens is 3. The van der Waals surface area contributed by atoms with Crippen LogP contribution in [-0.4, -0.2) is 59.6 Å². The van der Waals surface area contributed by atoms with E-state index in [2.05, 4.69) is 26.0 Å². The number of urea groups is 1. The molecule has 11 heteroatoms. The van der Waals surface area contributed by atoms with Gasteiger partial charge in [-0.1, -0.05) is 35.5 Å². The number of methoxy groups -OCH3 is 1. The average Bonchev–Trinajstić information content (AvgIpc) is 3.60. The Morgan fingerprint density at radius 2 is 2.00 bits per heavy atom. The van der Waals surface area contributed by atoms with Crippen molar-refractivity contribution in [2.75, 3.05) is 38.6 Å². The molecule has 1 aliphatic rings. The van der Waals surface area contributed by atoms with Crippen LogP contribution in [0.4, 0.5) is 14.9 Å². The number of carbonyl (C=O) groups excluding carboxylic acids is 1. The number of nitrogens with zero attached hydrogens (tertiary/aromatic N) is 4. The first-order valence-corrected chi connectivity index (χ1v) is 11.0. The second-order valence-electron chi connectivity index (χ2n) is 7.92. The molecule has 0 spiro atoms. The minimum atomic E-state index is -0.516. The van der Waals surface area contributed by atoms with Crippen molar-refractivity contribution in [3.05, 3.63) is 54.0 Å². The molecule has 2 N–H and O–H groups in total. The summed E-state index contributed by atoms with van der Waals surface area (Å²) in [6, 6.07) is 12.2. The van der Waals surface area contributed by atoms with E-state index in [1.807, 2.05) is 30.3 Å². The normalized spacial score (nSPS) is 13.2. The molecule has 35 heavy (non-hydrogen) atoms. The van der Waals surface area contributed by atoms with Crippen LogP contribution in [0.3, 0.4) is 0 Å². The summed E-state index contributed by atoms with van der Waals surface area (Å²) in [4.78, 5) is 13.3. The van der Waals surface area contributed by atoms with E-state index in [-0.39, 0.29) is 23.5 Å². The van der Waals surface area contributed by atoms with Crippen LogP contribution in [0.5, 0.6) is 5.75 Å². The van der Waals surface area contributed by atoms with Crippen molar-refractivity contribution < 1.29 is 22.9 Å². The van der Waals surface area contributed by atoms with E-state index in [1.165, 1.54) is 19.2 Å². The van der Waals surface area contributed by atoms with Gasteiger partial charge < -0.3 is 29.2 Å². The quantitative estimate of drug-likeness (QED) is 0.391. The number of aryl methyl sites for hydroxylation is 1. The van der Waals surface area contributed by atoms with Crippen LogP contribution in [0, 0.1) is 12.7 Å². The Balaban J connectivity index is 1.40. The van der Waals surface area contributed by atoms with Gasteiger partial charge in [-0.3, -0.25) is 0 Å². The third-order valence-electron chi connectivity index (χ3n) is 5.71. The van der Waals surface area contributed by atoms with E-state index in [0.29, 0.717) is 54.5 Å². The topological polar surface area (TPSA) is 119 Å². The second-order valence-corrected chi connectivity index (χ2v) is 7.92. The Labute approximate surface area is 200 Å². The number of carbonyl (C=O) groups is 1. The molecule has 1 saturated heterocycles. The summed E-state index contributed by atoms with van der Waals surface area (Å²) in [5, 5.41) is 18.2. The first kappa shape index (κ1) is 22.4. The van der Waals surface area contributed by atoms with Crippen molar-refractivity contribution in [1.82, 2.24) is 25.6 Å². The molecule has 0 saturated carbocycles. The molecule has 1 aliphatic heterocycles. The predicted octanol–water partition coefficient (Wildman–Crippen LogP) is 3.95. The molecule has 4 aromatic rings. The zero-order chi connectivity index (χ0) is 24.4. The van der Waals surface area contributed by atoms with E-state index in [1.54, 1.807) is 11.8 Å². The Hall–Kier alpha value is -4.41. The lowest BCUT2D eigenvalue weighted by Gasteiger charge is -2.16. The van der Waals surface area contributed by atoms with Gasteiger partial charge >= 0.3 is 6.03 Å². The van der Waals surface area contributed by atoms with E-state index in [9.17, 15) is 9.18 Å². The molecule has 0 aliphatic carbocycles. The standard InChI is InChI=1S/C24H23FN6O4/c1-14-20(21(30-35-14)15-6-4-3-5-7-15)23-29-28-22(34-23)16-12-17(25)18(13-19(16)33-2)26-8-10-31-11-9-27-24(31)32/h3-7,12-13,26H,8-11H2,1-2H3,(H,27,32). The molecule has 2 amide bonds. The third kappa shape index (κ3) is 4.39. The van der Waals surface area contributed by atoms with Gasteiger partial charge in [-0.2, -0.15) is 0 Å². The fraction of sp³-hybridized carbons (Fsp3) is 0.250. The van der Waals surface area contributed by atoms with Gasteiger partial charge in [0.15, 0.2) is 0 Å². The number of hydrogen-bond donors (Lipinski definition) is 2. The third-order valence-corrected chi connectivity index (χ3v) is 5.71. The number of anilines is 1. The minimum Gasteiger partial charge on any atom is -0.496 e. The molecule has 10 nitrogen and oxygen atoms in total. The maximum Gasteiger partial charge on any atom is 0.317 e. The van der Waals surface area contributed by atoms with Gasteiger partial charge in [0, 0.05) is 37.8 Å². The molecule has 3 heterocycles. The fourth-order valence-corrected chi connectivity index (χ4v) is 3.93. The van der Waals surface area contributed by atoms with E-state index in [4.69, 9.17) is 13.7 Å². The molecular formula is C24H23FN6O4. The van der Waals surface area contributed by atoms with E-state index >= 15 is 0 Å². The Morgan fingerprint density at radius 1 is 1.20 bits per heavy atom. The van der Waals surface area contributed by atoms with Crippen LogP contribution < -0.4 is 15.4 Å². The summed E-state index contributed by atoms with van der Waals surface area (Å²) in [6.07, 6.45) is 0. The number of hydrogen-bond acceptors (Lipinski definition) is 8. The maximum atomic E-state index is 14.9. The lowest BCUT2D eigenvalue weighted by molar-refractivity contribution is 0.219. The molecule has 180 valence electrons. The molecule has 0 radical (unpaired) electrons. The van der Waals surface area contributed by atoms with Gasteiger partial charge in [0.2, 0.25) is 0 Å². The Bertz CT molecular complexity index is 1350. The zero-order valence-corrected chi connectivity index (χ0v) is 19.2. The molecular weight excluding hydrogens is 455 g/mol. The number of amides is 2. The van der Waals surface area contributed by atoms with Gasteiger partial charge in [0.05, 0.1) is 18.4 Å². The van der Waals surface area contributed by atoms with Crippen molar-refractivity contribution in [2.45, 2.75) is 6.92 Å². The molecule has 0 bridgehead atoms. The van der Waals surface area contributed by atoms with Crippen LogP contribution in [0.2, 0.25) is 0 Å². The van der Waals surface area contributed by atoms with Gasteiger partial charge in [-0.15, -0.1) is 10.2 Å². The second kappa shape index (κ2) is 9.45. The summed E-state index contributed by atoms with van der Waals surface area (Å²) in [5.41, 5.74) is 2.53. The molecule has 2 aromatic heterocycles. The van der Waals surface area contributed by atoms with Crippen LogP contribution in [0.15, 0.2) is 51.4 Å². The summed E-state index contributed by atoms with van der Waals surface area (Å²) in [5.74, 6) is 0.649. The SMILES string of the molecule is COc1cc(NCCN2CCNC2=O)c(F)cc1-c1nnc(-c2c(-c3ccccc3)noc2C)o1. The highest BCUT2D eigenvalue weighted by Crippen LogP contribution is 2.38. The number of ether oxygens (including phenoxy) is 1. The van der Waals surface area contributed by atoms with Crippen molar-refractivity contribution in [1.29, 1.82) is 0 Å². The van der Waals surface area contributed by atoms with Crippen molar-refractivity contribution in [3.8, 4) is 39.9 Å². The van der Waals surface area contributed by atoms with Crippen molar-refractivity contribution in [2.24, 2.45) is 0 Å². The molecule has 0 atom stereocenters. The maximum absolute atomic E-state index is 14.9.